The minimum atomic E-state index is -1.83. The zero-order valence-corrected chi connectivity index (χ0v) is 18.4. The molecule has 6 nitrogen and oxygen atoms in total. The molecule has 1 fully saturated rings. The Morgan fingerprint density at radius 3 is 2.16 bits per heavy atom. The van der Waals surface area contributed by atoms with Crippen molar-refractivity contribution in [2.24, 2.45) is 0 Å². The molecule has 1 aliphatic rings. The fourth-order valence-electron chi connectivity index (χ4n) is 4.35. The van der Waals surface area contributed by atoms with E-state index >= 15 is 0 Å². The number of likely N-dealkylation sites (tertiary alicyclic amines) is 1. The van der Waals surface area contributed by atoms with Crippen LogP contribution in [0.3, 0.4) is 0 Å². The summed E-state index contributed by atoms with van der Waals surface area (Å²) in [6.07, 6.45) is 7.42. The maximum Gasteiger partial charge on any atom is 0.347 e. The largest absolute Gasteiger partial charge is 0.459 e. The van der Waals surface area contributed by atoms with E-state index in [1.165, 1.54) is 0 Å². The molecule has 1 aliphatic heterocycles. The van der Waals surface area contributed by atoms with Gasteiger partial charge in [0.15, 0.2) is 0 Å². The Morgan fingerprint density at radius 2 is 1.62 bits per heavy atom. The number of nitrogens with zero attached hydrogens (tertiary/aromatic N) is 3. The van der Waals surface area contributed by atoms with Gasteiger partial charge in [0.2, 0.25) is 5.60 Å². The average molecular weight is 433 g/mol. The summed E-state index contributed by atoms with van der Waals surface area (Å²) >= 11 is 0. The fraction of sp³-hybridized carbons (Fsp3) is 0.346. The van der Waals surface area contributed by atoms with Gasteiger partial charge in [0.05, 0.1) is 32.4 Å². The molecule has 166 valence electrons. The molecule has 6 heteroatoms. The number of likely N-dealkylation sites (N-methyl/N-ethyl adjacent to an activating group) is 1. The summed E-state index contributed by atoms with van der Waals surface area (Å²) in [4.78, 5) is 21.8. The van der Waals surface area contributed by atoms with Crippen molar-refractivity contribution in [2.75, 3.05) is 26.7 Å². The van der Waals surface area contributed by atoms with E-state index in [-0.39, 0.29) is 6.10 Å². The molecule has 4 rings (SSSR count). The maximum absolute atomic E-state index is 13.3. The van der Waals surface area contributed by atoms with Gasteiger partial charge in [-0.3, -0.25) is 9.97 Å². The lowest BCUT2D eigenvalue weighted by Crippen LogP contribution is -2.53. The number of rotatable bonds is 7. The first-order chi connectivity index (χ1) is 15.5. The predicted molar refractivity (Wildman–Crippen MR) is 122 cm³/mol. The molecule has 0 unspecified atom stereocenters. The normalized spacial score (nSPS) is 21.1. The van der Waals surface area contributed by atoms with Crippen molar-refractivity contribution in [3.8, 4) is 0 Å². The Morgan fingerprint density at radius 1 is 1.03 bits per heavy atom. The number of esters is 1. The molecule has 0 spiro atoms. The van der Waals surface area contributed by atoms with E-state index in [0.29, 0.717) is 11.1 Å². The van der Waals surface area contributed by atoms with Crippen molar-refractivity contribution < 1.29 is 19.1 Å². The van der Waals surface area contributed by atoms with Crippen LogP contribution in [0.2, 0.25) is 0 Å². The van der Waals surface area contributed by atoms with Gasteiger partial charge in [-0.15, -0.1) is 0 Å². The molecule has 32 heavy (non-hydrogen) atoms. The molecule has 1 N–H and O–H groups in total. The summed E-state index contributed by atoms with van der Waals surface area (Å²) in [5, 5.41) is 11.6. The summed E-state index contributed by atoms with van der Waals surface area (Å²) < 4.78 is 6.81. The zero-order chi connectivity index (χ0) is 22.4. The summed E-state index contributed by atoms with van der Waals surface area (Å²) in [5.41, 5.74) is 0.189. The van der Waals surface area contributed by atoms with Crippen LogP contribution in [0.5, 0.6) is 0 Å². The van der Waals surface area contributed by atoms with E-state index in [1.54, 1.807) is 36.7 Å². The Labute approximate surface area is 189 Å². The first-order valence-corrected chi connectivity index (χ1v) is 11.1. The van der Waals surface area contributed by atoms with E-state index in [1.807, 2.05) is 42.6 Å². The number of quaternary nitrogens is 1. The molecule has 0 saturated carbocycles. The van der Waals surface area contributed by atoms with Gasteiger partial charge in [0.25, 0.3) is 0 Å². The summed E-state index contributed by atoms with van der Waals surface area (Å²) in [5.74, 6) is -0.615. The van der Waals surface area contributed by atoms with Gasteiger partial charge >= 0.3 is 5.97 Å². The summed E-state index contributed by atoms with van der Waals surface area (Å²) in [7, 11) is 2.23. The van der Waals surface area contributed by atoms with Gasteiger partial charge in [-0.1, -0.05) is 60.7 Å². The zero-order valence-electron chi connectivity index (χ0n) is 18.4. The Bertz CT molecular complexity index is 965. The van der Waals surface area contributed by atoms with Crippen LogP contribution in [-0.4, -0.2) is 58.3 Å². The van der Waals surface area contributed by atoms with Crippen LogP contribution in [0.1, 0.15) is 29.7 Å². The Kier molecular flexibility index (Phi) is 6.63. The van der Waals surface area contributed by atoms with Crippen LogP contribution in [0.4, 0.5) is 0 Å². The molecule has 1 saturated heterocycles. The third kappa shape index (κ3) is 4.87. The van der Waals surface area contributed by atoms with Crippen LogP contribution in [0.15, 0.2) is 79.3 Å². The average Bonchev–Trinajstić information content (AvgIpc) is 2.85. The molecule has 0 radical (unpaired) electrons. The number of ether oxygens (including phenoxy) is 1. The lowest BCUT2D eigenvalue weighted by Gasteiger charge is -2.41. The Balaban J connectivity index is 1.42. The van der Waals surface area contributed by atoms with Crippen molar-refractivity contribution in [3.05, 3.63) is 96.1 Å². The van der Waals surface area contributed by atoms with E-state index in [9.17, 15) is 9.90 Å². The molecule has 0 aliphatic carbocycles. The van der Waals surface area contributed by atoms with Crippen LogP contribution >= 0.6 is 0 Å². The second-order valence-electron chi connectivity index (χ2n) is 8.78. The van der Waals surface area contributed by atoms with Gasteiger partial charge in [0, 0.05) is 37.9 Å². The monoisotopic (exact) mass is 432 g/mol. The van der Waals surface area contributed by atoms with E-state index in [2.05, 4.69) is 17.0 Å². The van der Waals surface area contributed by atoms with Crippen LogP contribution < -0.4 is 0 Å². The standard InChI is InChI=1S/C26H30N3O3/c1-29(17-12-23-20-27-15-16-28-23)18-13-24(14-19-29)32-25(30)26(31,21-8-4-2-5-9-21)22-10-6-3-7-11-22/h2-11,15-16,20,24,31H,12-14,17-19H2,1H3/q+1. The van der Waals surface area contributed by atoms with Crippen LogP contribution in [0, 0.1) is 0 Å². The van der Waals surface area contributed by atoms with Gasteiger partial charge in [-0.05, 0) is 11.1 Å². The quantitative estimate of drug-likeness (QED) is 0.459. The summed E-state index contributed by atoms with van der Waals surface area (Å²) in [6.45, 7) is 2.79. The van der Waals surface area contributed by atoms with Crippen molar-refractivity contribution in [1.82, 2.24) is 9.97 Å². The minimum Gasteiger partial charge on any atom is -0.459 e. The Hall–Kier alpha value is -3.09. The predicted octanol–water partition coefficient (Wildman–Crippen LogP) is 3.11. The highest BCUT2D eigenvalue weighted by Crippen LogP contribution is 2.32. The first-order valence-electron chi connectivity index (χ1n) is 11.1. The number of hydrogen-bond acceptors (Lipinski definition) is 5. The molecular formula is C26H30N3O3+. The van der Waals surface area contributed by atoms with Crippen LogP contribution in [0.25, 0.3) is 0 Å². The highest BCUT2D eigenvalue weighted by molar-refractivity contribution is 5.85. The number of carbonyl (C=O) groups excluding carboxylic acids is 1. The van der Waals surface area contributed by atoms with Gasteiger partial charge < -0.3 is 14.3 Å². The number of aliphatic hydroxyl groups is 1. The summed E-state index contributed by atoms with van der Waals surface area (Å²) in [6, 6.07) is 18.0. The lowest BCUT2D eigenvalue weighted by atomic mass is 9.86. The second-order valence-corrected chi connectivity index (χ2v) is 8.78. The maximum atomic E-state index is 13.3. The number of aromatic nitrogens is 2. The van der Waals surface area contributed by atoms with Gasteiger partial charge in [-0.25, -0.2) is 4.79 Å². The number of piperidine rings is 1. The third-order valence-electron chi connectivity index (χ3n) is 6.46. The molecule has 3 aromatic rings. The van der Waals surface area contributed by atoms with Crippen molar-refractivity contribution in [3.63, 3.8) is 0 Å². The van der Waals surface area contributed by atoms with E-state index in [4.69, 9.17) is 4.74 Å². The van der Waals surface area contributed by atoms with Gasteiger partial charge in [0.1, 0.15) is 6.10 Å². The molecule has 2 aromatic carbocycles. The SMILES string of the molecule is C[N+]1(CCc2cnccn2)CCC(OC(=O)C(O)(c2ccccc2)c2ccccc2)CC1. The third-order valence-corrected chi connectivity index (χ3v) is 6.46. The first kappa shape index (κ1) is 22.1. The van der Waals surface area contributed by atoms with Crippen molar-refractivity contribution in [2.45, 2.75) is 31.0 Å². The molecule has 2 heterocycles. The highest BCUT2D eigenvalue weighted by atomic mass is 16.6. The van der Waals surface area contributed by atoms with Crippen molar-refractivity contribution >= 4 is 5.97 Å². The van der Waals surface area contributed by atoms with Gasteiger partial charge in [-0.2, -0.15) is 0 Å². The molecule has 0 amide bonds. The van der Waals surface area contributed by atoms with Crippen LogP contribution in [-0.2, 0) is 21.6 Å². The smallest absolute Gasteiger partial charge is 0.347 e. The molecule has 0 bridgehead atoms. The molecular weight excluding hydrogens is 402 g/mol. The van der Waals surface area contributed by atoms with E-state index < -0.39 is 11.6 Å². The van der Waals surface area contributed by atoms with Crippen molar-refractivity contribution in [1.29, 1.82) is 0 Å². The fourth-order valence-corrected chi connectivity index (χ4v) is 4.35. The second kappa shape index (κ2) is 9.59. The molecule has 1 aromatic heterocycles. The number of hydrogen-bond donors (Lipinski definition) is 1. The highest BCUT2D eigenvalue weighted by Gasteiger charge is 2.43. The van der Waals surface area contributed by atoms with E-state index in [0.717, 1.165) is 49.1 Å². The number of benzene rings is 2. The lowest BCUT2D eigenvalue weighted by molar-refractivity contribution is -0.914. The number of carbonyl (C=O) groups is 1. The minimum absolute atomic E-state index is 0.204. The topological polar surface area (TPSA) is 72.3 Å². The molecule has 0 atom stereocenters.